The Morgan fingerprint density at radius 2 is 1.85 bits per heavy atom. The van der Waals surface area contributed by atoms with Gasteiger partial charge in [0.05, 0.1) is 28.6 Å². The summed E-state index contributed by atoms with van der Waals surface area (Å²) >= 11 is 0. The second-order valence-electron chi connectivity index (χ2n) is 12.5. The lowest BCUT2D eigenvalue weighted by atomic mass is 9.57. The van der Waals surface area contributed by atoms with E-state index in [-0.39, 0.29) is 29.5 Å². The number of anilines is 1. The van der Waals surface area contributed by atoms with Crippen LogP contribution < -0.4 is 4.90 Å². The second-order valence-corrected chi connectivity index (χ2v) is 12.5. The normalized spacial score (nSPS) is 23.2. The van der Waals surface area contributed by atoms with Crippen LogP contribution in [0, 0.1) is 39.6 Å². The monoisotopic (exact) mass is 624 g/mol. The Hall–Kier alpha value is -4.61. The van der Waals surface area contributed by atoms with Crippen LogP contribution in [0.3, 0.4) is 0 Å². The Morgan fingerprint density at radius 1 is 1.09 bits per heavy atom. The van der Waals surface area contributed by atoms with Crippen LogP contribution in [0.5, 0.6) is 5.75 Å². The summed E-state index contributed by atoms with van der Waals surface area (Å²) in [6.07, 6.45) is 2.78. The summed E-state index contributed by atoms with van der Waals surface area (Å²) in [6.45, 7) is 4.08. The molecule has 2 amide bonds. The third-order valence-electron chi connectivity index (χ3n) is 9.37. The van der Waals surface area contributed by atoms with E-state index in [4.69, 9.17) is 4.65 Å². The highest BCUT2D eigenvalue weighted by Gasteiger charge is 2.58. The zero-order valence-electron chi connectivity index (χ0n) is 25.5. The summed E-state index contributed by atoms with van der Waals surface area (Å²) in [7, 11) is -1.16. The van der Waals surface area contributed by atoms with Crippen molar-refractivity contribution in [2.45, 2.75) is 45.5 Å². The molecule has 3 aliphatic rings. The van der Waals surface area contributed by atoms with E-state index in [0.29, 0.717) is 24.8 Å². The fourth-order valence-electron chi connectivity index (χ4n) is 7.30. The molecule has 2 N–H and O–H groups in total. The maximum Gasteiger partial charge on any atom is 0.455 e. The number of carbonyl (C=O) groups is 2. The van der Waals surface area contributed by atoms with Gasteiger partial charge < -0.3 is 14.8 Å². The van der Waals surface area contributed by atoms with Gasteiger partial charge in [-0.15, -0.1) is 0 Å². The van der Waals surface area contributed by atoms with Gasteiger partial charge in [0.1, 0.15) is 0 Å². The number of benzene rings is 3. The van der Waals surface area contributed by atoms with Crippen molar-refractivity contribution in [1.29, 1.82) is 0 Å². The minimum absolute atomic E-state index is 0.0404. The summed E-state index contributed by atoms with van der Waals surface area (Å²) in [4.78, 5) is 39.8. The molecule has 6 rings (SSSR count). The van der Waals surface area contributed by atoms with Crippen LogP contribution in [0.25, 0.3) is 11.6 Å². The van der Waals surface area contributed by atoms with Gasteiger partial charge in [-0.2, -0.15) is 0 Å². The SMILES string of the molecule is CC(C)C1=C2[C@@H](CC/C(=C/c3ccc(O)c(F)c3)c3ccccc3)OB(O)C[C@@H]2[C@@H]2C(=O)N(c3cccc([N+](=O)[O-])c3)C(=O)[C@@H]2C1. The molecule has 11 heteroatoms. The highest BCUT2D eigenvalue weighted by atomic mass is 19.1. The number of nitro benzene ring substituents is 1. The minimum Gasteiger partial charge on any atom is -0.505 e. The molecule has 1 aliphatic carbocycles. The number of phenols is 1. The van der Waals surface area contributed by atoms with Crippen LogP contribution in [0.4, 0.5) is 15.8 Å². The number of halogens is 1. The third-order valence-corrected chi connectivity index (χ3v) is 9.37. The molecule has 0 radical (unpaired) electrons. The van der Waals surface area contributed by atoms with Gasteiger partial charge in [0.25, 0.3) is 5.69 Å². The molecular weight excluding hydrogens is 590 g/mol. The number of hydrogen-bond donors (Lipinski definition) is 2. The molecule has 3 aromatic carbocycles. The van der Waals surface area contributed by atoms with Crippen molar-refractivity contribution in [3.8, 4) is 5.75 Å². The average molecular weight is 624 g/mol. The maximum absolute atomic E-state index is 14.2. The molecule has 9 nitrogen and oxygen atoms in total. The van der Waals surface area contributed by atoms with E-state index >= 15 is 0 Å². The largest absolute Gasteiger partial charge is 0.505 e. The lowest BCUT2D eigenvalue weighted by molar-refractivity contribution is -0.384. The predicted molar refractivity (Wildman–Crippen MR) is 172 cm³/mol. The number of aromatic hydroxyl groups is 1. The Kier molecular flexibility index (Phi) is 8.63. The number of fused-ring (bicyclic) bond motifs is 3. The number of non-ortho nitro benzene ring substituents is 1. The molecule has 236 valence electrons. The molecular formula is C35H34BFN2O7. The van der Waals surface area contributed by atoms with E-state index < -0.39 is 53.4 Å². The van der Waals surface area contributed by atoms with E-state index in [1.807, 2.05) is 50.3 Å². The van der Waals surface area contributed by atoms with E-state index in [9.17, 15) is 34.2 Å². The lowest BCUT2D eigenvalue weighted by Gasteiger charge is -2.44. The lowest BCUT2D eigenvalue weighted by Crippen LogP contribution is -2.46. The van der Waals surface area contributed by atoms with Gasteiger partial charge in [-0.25, -0.2) is 9.29 Å². The Labute approximate surface area is 266 Å². The fraction of sp³-hybridized carbons (Fsp3) is 0.314. The van der Waals surface area contributed by atoms with E-state index in [1.165, 1.54) is 36.4 Å². The quantitative estimate of drug-likeness (QED) is 0.0739. The van der Waals surface area contributed by atoms with Crippen molar-refractivity contribution in [2.75, 3.05) is 4.90 Å². The second kappa shape index (κ2) is 12.7. The van der Waals surface area contributed by atoms with E-state index in [0.717, 1.165) is 27.2 Å². The van der Waals surface area contributed by atoms with Crippen LogP contribution >= 0.6 is 0 Å². The molecule has 0 spiro atoms. The first-order valence-electron chi connectivity index (χ1n) is 15.5. The number of hydrogen-bond acceptors (Lipinski definition) is 7. The van der Waals surface area contributed by atoms with Gasteiger partial charge in [0, 0.05) is 12.1 Å². The first-order chi connectivity index (χ1) is 22.0. The molecule has 46 heavy (non-hydrogen) atoms. The van der Waals surface area contributed by atoms with Gasteiger partial charge in [-0.3, -0.25) is 19.7 Å². The highest BCUT2D eigenvalue weighted by molar-refractivity contribution is 6.43. The topological polar surface area (TPSA) is 130 Å². The van der Waals surface area contributed by atoms with Crippen molar-refractivity contribution in [3.63, 3.8) is 0 Å². The number of amides is 2. The summed E-state index contributed by atoms with van der Waals surface area (Å²) in [5, 5.41) is 32.1. The first-order valence-corrected chi connectivity index (χ1v) is 15.5. The predicted octanol–water partition coefficient (Wildman–Crippen LogP) is 6.42. The van der Waals surface area contributed by atoms with Crippen molar-refractivity contribution in [3.05, 3.63) is 111 Å². The number of imide groups is 1. The van der Waals surface area contributed by atoms with Crippen molar-refractivity contribution in [1.82, 2.24) is 0 Å². The number of carbonyl (C=O) groups excluding carboxylic acids is 2. The maximum atomic E-state index is 14.2. The van der Waals surface area contributed by atoms with Crippen molar-refractivity contribution >= 4 is 42.0 Å². The van der Waals surface area contributed by atoms with Crippen molar-refractivity contribution < 1.29 is 33.7 Å². The van der Waals surface area contributed by atoms with E-state index in [1.54, 1.807) is 6.07 Å². The zero-order valence-corrected chi connectivity index (χ0v) is 25.5. The summed E-state index contributed by atoms with van der Waals surface area (Å²) in [5.41, 5.74) is 4.32. The molecule has 0 bridgehead atoms. The van der Waals surface area contributed by atoms with Crippen LogP contribution in [-0.2, 0) is 14.2 Å². The first kappa shape index (κ1) is 31.4. The summed E-state index contributed by atoms with van der Waals surface area (Å²) < 4.78 is 20.4. The molecule has 0 unspecified atom stereocenters. The van der Waals surface area contributed by atoms with Gasteiger partial charge >= 0.3 is 7.12 Å². The molecule has 2 saturated heterocycles. The number of phenolic OH excluding ortho intramolecular Hbond substituents is 1. The van der Waals surface area contributed by atoms with Gasteiger partial charge in [-0.1, -0.05) is 68.0 Å². The zero-order chi connectivity index (χ0) is 32.7. The smallest absolute Gasteiger partial charge is 0.455 e. The molecule has 3 aromatic rings. The average Bonchev–Trinajstić information content (AvgIpc) is 3.29. The van der Waals surface area contributed by atoms with E-state index in [2.05, 4.69) is 0 Å². The number of nitrogens with zero attached hydrogens (tertiary/aromatic N) is 2. The molecule has 0 aromatic heterocycles. The highest BCUT2D eigenvalue weighted by Crippen LogP contribution is 2.52. The Balaban J connectivity index is 1.34. The molecule has 0 saturated carbocycles. The van der Waals surface area contributed by atoms with Crippen LogP contribution in [0.2, 0.25) is 6.32 Å². The van der Waals surface area contributed by atoms with Crippen molar-refractivity contribution in [2.24, 2.45) is 23.7 Å². The van der Waals surface area contributed by atoms with Crippen LogP contribution in [-0.4, -0.2) is 40.1 Å². The van der Waals surface area contributed by atoms with Crippen LogP contribution in [0.1, 0.15) is 44.2 Å². The summed E-state index contributed by atoms with van der Waals surface area (Å²) in [5.74, 6) is -3.74. The minimum atomic E-state index is -1.16. The summed E-state index contributed by atoms with van der Waals surface area (Å²) in [6, 6.07) is 19.4. The molecule has 2 fully saturated rings. The molecule has 4 atom stereocenters. The standard InChI is InChI=1S/C35H34BFN2O7/c1-20(2)26-18-27-33(35(42)38(34(27)41)24-9-6-10-25(17-24)39(44)45)28-19-36(43)46-31(32(26)28)14-12-23(22-7-4-3-5-8-22)15-21-11-13-30(40)29(37)16-21/h3-11,13,15-17,20,27-28,31,33,40,43H,12,14,18-19H2,1-2H3/b23-15-/t27-,28+,31-,33-/m1/s1. The molecule has 2 aliphatic heterocycles. The van der Waals surface area contributed by atoms with Gasteiger partial charge in [-0.05, 0) is 77.9 Å². The third kappa shape index (κ3) is 5.88. The Bertz CT molecular complexity index is 1760. The van der Waals surface area contributed by atoms with Gasteiger partial charge in [0.15, 0.2) is 11.6 Å². The van der Waals surface area contributed by atoms with Gasteiger partial charge in [0.2, 0.25) is 11.8 Å². The fourth-order valence-corrected chi connectivity index (χ4v) is 7.30. The number of rotatable bonds is 8. The Morgan fingerprint density at radius 3 is 2.54 bits per heavy atom. The number of nitro groups is 1. The molecule has 2 heterocycles. The number of allylic oxidation sites excluding steroid dienone is 2. The van der Waals surface area contributed by atoms with Crippen LogP contribution in [0.15, 0.2) is 83.9 Å².